The lowest BCUT2D eigenvalue weighted by atomic mass is 10.4. The van der Waals surface area contributed by atoms with E-state index in [0.717, 1.165) is 0 Å². The minimum atomic E-state index is -3.65. The molecule has 0 saturated carbocycles. The maximum atomic E-state index is 12.2. The van der Waals surface area contributed by atoms with Gasteiger partial charge >= 0.3 is 0 Å². The molecule has 0 aliphatic rings. The molecule has 2 heterocycles. The van der Waals surface area contributed by atoms with Crippen molar-refractivity contribution in [1.29, 1.82) is 0 Å². The molecular weight excluding hydrogens is 348 g/mol. The Kier molecular flexibility index (Phi) is 4.68. The molecule has 108 valence electrons. The molecule has 0 saturated heterocycles. The first-order valence-corrected chi connectivity index (χ1v) is 7.98. The summed E-state index contributed by atoms with van der Waals surface area (Å²) in [6, 6.07) is 1.50. The molecule has 0 radical (unpaired) electrons. The molecule has 10 heteroatoms. The van der Waals surface area contributed by atoms with Crippen LogP contribution in [0.4, 0.5) is 5.82 Å². The third-order valence-corrected chi connectivity index (χ3v) is 4.37. The Morgan fingerprint density at radius 3 is 2.85 bits per heavy atom. The second-order valence-corrected chi connectivity index (χ2v) is 6.48. The monoisotopic (exact) mass is 360 g/mol. The SMILES string of the molecule is CNc1ncc(Br)cc1S(=O)(=O)NCCc1ncn[nH]1. The van der Waals surface area contributed by atoms with Gasteiger partial charge in [0.15, 0.2) is 0 Å². The lowest BCUT2D eigenvalue weighted by molar-refractivity contribution is 0.581. The van der Waals surface area contributed by atoms with Crippen LogP contribution in [0.1, 0.15) is 5.82 Å². The second-order valence-electron chi connectivity index (χ2n) is 3.83. The van der Waals surface area contributed by atoms with E-state index in [2.05, 4.69) is 46.1 Å². The maximum absolute atomic E-state index is 12.2. The molecule has 0 amide bonds. The van der Waals surface area contributed by atoms with Gasteiger partial charge in [0.25, 0.3) is 0 Å². The van der Waals surface area contributed by atoms with Crippen LogP contribution in [0.3, 0.4) is 0 Å². The maximum Gasteiger partial charge on any atom is 0.244 e. The number of pyridine rings is 1. The van der Waals surface area contributed by atoms with Crippen LogP contribution in [0.5, 0.6) is 0 Å². The number of aromatic amines is 1. The highest BCUT2D eigenvalue weighted by atomic mass is 79.9. The average molecular weight is 361 g/mol. The van der Waals surface area contributed by atoms with Gasteiger partial charge in [-0.15, -0.1) is 0 Å². The Bertz CT molecular complexity index is 673. The van der Waals surface area contributed by atoms with Crippen molar-refractivity contribution < 1.29 is 8.42 Å². The molecule has 3 N–H and O–H groups in total. The van der Waals surface area contributed by atoms with Crippen LogP contribution in [0.2, 0.25) is 0 Å². The van der Waals surface area contributed by atoms with Crippen LogP contribution in [-0.2, 0) is 16.4 Å². The number of sulfonamides is 1. The van der Waals surface area contributed by atoms with Gasteiger partial charge in [-0.2, -0.15) is 5.10 Å². The van der Waals surface area contributed by atoms with E-state index in [-0.39, 0.29) is 11.4 Å². The summed E-state index contributed by atoms with van der Waals surface area (Å²) >= 11 is 3.21. The number of hydrogen-bond acceptors (Lipinski definition) is 6. The number of rotatable bonds is 6. The summed E-state index contributed by atoms with van der Waals surface area (Å²) in [5.41, 5.74) is 0. The first-order valence-electron chi connectivity index (χ1n) is 5.70. The van der Waals surface area contributed by atoms with Gasteiger partial charge < -0.3 is 5.32 Å². The molecule has 0 fully saturated rings. The predicted molar refractivity (Wildman–Crippen MR) is 76.8 cm³/mol. The summed E-state index contributed by atoms with van der Waals surface area (Å²) in [7, 11) is -2.03. The number of halogens is 1. The van der Waals surface area contributed by atoms with Crippen molar-refractivity contribution in [2.75, 3.05) is 18.9 Å². The van der Waals surface area contributed by atoms with Gasteiger partial charge in [0, 0.05) is 30.7 Å². The first-order chi connectivity index (χ1) is 9.53. The van der Waals surface area contributed by atoms with E-state index in [4.69, 9.17) is 0 Å². The fourth-order valence-corrected chi connectivity index (χ4v) is 3.25. The van der Waals surface area contributed by atoms with Crippen LogP contribution >= 0.6 is 15.9 Å². The van der Waals surface area contributed by atoms with Crippen molar-refractivity contribution in [2.24, 2.45) is 0 Å². The third kappa shape index (κ3) is 3.52. The number of aromatic nitrogens is 4. The molecular formula is C10H13BrN6O2S. The largest absolute Gasteiger partial charge is 0.372 e. The summed E-state index contributed by atoms with van der Waals surface area (Å²) in [6.45, 7) is 0.215. The predicted octanol–water partition coefficient (Wildman–Crippen LogP) is 0.525. The highest BCUT2D eigenvalue weighted by molar-refractivity contribution is 9.10. The Hall–Kier alpha value is -1.52. The van der Waals surface area contributed by atoms with Gasteiger partial charge in [0.1, 0.15) is 22.9 Å². The standard InChI is InChI=1S/C10H13BrN6O2S/c1-12-10-8(4-7(11)5-13-10)20(18,19)16-3-2-9-14-6-15-17-9/h4-6,16H,2-3H2,1H3,(H,12,13)(H,14,15,17). The fourth-order valence-electron chi connectivity index (χ4n) is 1.55. The summed E-state index contributed by atoms with van der Waals surface area (Å²) in [5, 5.41) is 9.11. The van der Waals surface area contributed by atoms with E-state index in [9.17, 15) is 8.42 Å². The minimum Gasteiger partial charge on any atom is -0.372 e. The molecule has 0 aliphatic carbocycles. The van der Waals surface area contributed by atoms with Crippen molar-refractivity contribution >= 4 is 31.8 Å². The van der Waals surface area contributed by atoms with Crippen LogP contribution < -0.4 is 10.0 Å². The van der Waals surface area contributed by atoms with Gasteiger partial charge in [-0.25, -0.2) is 23.1 Å². The summed E-state index contributed by atoms with van der Waals surface area (Å²) < 4.78 is 27.6. The summed E-state index contributed by atoms with van der Waals surface area (Å²) in [6.07, 6.45) is 3.33. The van der Waals surface area contributed by atoms with E-state index >= 15 is 0 Å². The number of nitrogens with zero attached hydrogens (tertiary/aromatic N) is 3. The Labute approximate surface area is 124 Å². The average Bonchev–Trinajstić information content (AvgIpc) is 2.91. The van der Waals surface area contributed by atoms with Crippen LogP contribution in [-0.4, -0.2) is 42.2 Å². The topological polar surface area (TPSA) is 113 Å². The molecule has 2 rings (SSSR count). The number of hydrogen-bond donors (Lipinski definition) is 3. The first kappa shape index (κ1) is 14.9. The molecule has 0 aliphatic heterocycles. The normalized spacial score (nSPS) is 11.5. The van der Waals surface area contributed by atoms with E-state index in [1.54, 1.807) is 7.05 Å². The van der Waals surface area contributed by atoms with Gasteiger partial charge in [-0.05, 0) is 22.0 Å². The lowest BCUT2D eigenvalue weighted by Crippen LogP contribution is -2.27. The van der Waals surface area contributed by atoms with Gasteiger partial charge in [0.05, 0.1) is 0 Å². The van der Waals surface area contributed by atoms with Crippen molar-refractivity contribution in [3.63, 3.8) is 0 Å². The number of anilines is 1. The molecule has 0 spiro atoms. The Morgan fingerprint density at radius 1 is 1.40 bits per heavy atom. The smallest absolute Gasteiger partial charge is 0.244 e. The molecule has 0 bridgehead atoms. The van der Waals surface area contributed by atoms with Crippen LogP contribution in [0, 0.1) is 0 Å². The van der Waals surface area contributed by atoms with Crippen LogP contribution in [0.25, 0.3) is 0 Å². The molecule has 8 nitrogen and oxygen atoms in total. The minimum absolute atomic E-state index is 0.0898. The van der Waals surface area contributed by atoms with Gasteiger partial charge in [-0.1, -0.05) is 0 Å². The number of H-pyrrole nitrogens is 1. The second kappa shape index (κ2) is 6.29. The lowest BCUT2D eigenvalue weighted by Gasteiger charge is -2.10. The van der Waals surface area contributed by atoms with Crippen molar-refractivity contribution in [2.45, 2.75) is 11.3 Å². The summed E-state index contributed by atoms with van der Waals surface area (Å²) in [4.78, 5) is 8.03. The Balaban J connectivity index is 2.11. The molecule has 0 unspecified atom stereocenters. The van der Waals surface area contributed by atoms with E-state index in [1.165, 1.54) is 18.6 Å². The zero-order valence-corrected chi connectivity index (χ0v) is 13.0. The zero-order valence-electron chi connectivity index (χ0n) is 10.6. The van der Waals surface area contributed by atoms with Crippen molar-refractivity contribution in [1.82, 2.24) is 24.9 Å². The van der Waals surface area contributed by atoms with E-state index in [0.29, 0.717) is 22.5 Å². The fraction of sp³-hybridized carbons (Fsp3) is 0.300. The molecule has 2 aromatic rings. The summed E-state index contributed by atoms with van der Waals surface area (Å²) in [5.74, 6) is 0.911. The van der Waals surface area contributed by atoms with Crippen molar-refractivity contribution in [3.05, 3.63) is 28.9 Å². The van der Waals surface area contributed by atoms with Gasteiger partial charge in [0.2, 0.25) is 10.0 Å². The van der Waals surface area contributed by atoms with Crippen LogP contribution in [0.15, 0.2) is 28.0 Å². The van der Waals surface area contributed by atoms with E-state index in [1.807, 2.05) is 0 Å². The van der Waals surface area contributed by atoms with Crippen molar-refractivity contribution in [3.8, 4) is 0 Å². The molecule has 0 aromatic carbocycles. The number of nitrogens with one attached hydrogen (secondary N) is 3. The molecule has 2 aromatic heterocycles. The van der Waals surface area contributed by atoms with E-state index < -0.39 is 10.0 Å². The quantitative estimate of drug-likeness (QED) is 0.692. The molecule has 20 heavy (non-hydrogen) atoms. The van der Waals surface area contributed by atoms with Gasteiger partial charge in [-0.3, -0.25) is 5.10 Å². The molecule has 0 atom stereocenters. The Morgan fingerprint density at radius 2 is 2.20 bits per heavy atom. The highest BCUT2D eigenvalue weighted by Crippen LogP contribution is 2.22. The highest BCUT2D eigenvalue weighted by Gasteiger charge is 2.19. The zero-order chi connectivity index (χ0) is 14.6. The third-order valence-electron chi connectivity index (χ3n) is 2.46.